The van der Waals surface area contributed by atoms with Crippen molar-refractivity contribution in [2.45, 2.75) is 19.3 Å². The monoisotopic (exact) mass is 257 g/mol. The van der Waals surface area contributed by atoms with Crippen molar-refractivity contribution in [3.8, 4) is 0 Å². The van der Waals surface area contributed by atoms with Gasteiger partial charge in [-0.25, -0.2) is 5.32 Å². The molecule has 0 fully saturated rings. The van der Waals surface area contributed by atoms with Crippen molar-refractivity contribution in [1.82, 2.24) is 5.32 Å². The van der Waals surface area contributed by atoms with E-state index in [0.29, 0.717) is 12.0 Å². The van der Waals surface area contributed by atoms with Gasteiger partial charge in [-0.2, -0.15) is 0 Å². The quantitative estimate of drug-likeness (QED) is 0.599. The Morgan fingerprint density at radius 1 is 1.16 bits per heavy atom. The van der Waals surface area contributed by atoms with Crippen molar-refractivity contribution in [2.75, 3.05) is 0 Å². The van der Waals surface area contributed by atoms with Crippen molar-refractivity contribution in [3.05, 3.63) is 69.6 Å². The summed E-state index contributed by atoms with van der Waals surface area (Å²) in [6.07, 6.45) is 4.96. The van der Waals surface area contributed by atoms with Crippen LogP contribution in [0.3, 0.4) is 0 Å². The molecule has 0 saturated heterocycles. The molecule has 1 aliphatic heterocycles. The molecule has 0 atom stereocenters. The molecule has 0 spiro atoms. The Bertz CT molecular complexity index is 547. The highest BCUT2D eigenvalue weighted by Gasteiger charge is 2.28. The summed E-state index contributed by atoms with van der Waals surface area (Å²) in [5.41, 5.74) is 1.25. The summed E-state index contributed by atoms with van der Waals surface area (Å²) < 4.78 is 0. The maximum atomic E-state index is 11.4. The minimum atomic E-state index is -0.762. The van der Waals surface area contributed by atoms with E-state index in [0.717, 1.165) is 12.8 Å². The van der Waals surface area contributed by atoms with Gasteiger partial charge in [0.15, 0.2) is 0 Å². The Labute approximate surface area is 110 Å². The van der Waals surface area contributed by atoms with Crippen LogP contribution in [-0.2, 0) is 11.2 Å². The second kappa shape index (κ2) is 5.95. The zero-order chi connectivity index (χ0) is 13.7. The molecule has 0 aliphatic carbocycles. The van der Waals surface area contributed by atoms with E-state index in [4.69, 9.17) is 0 Å². The normalized spacial score (nSPS) is 14.4. The number of carbonyl (C=O) groups excluding carboxylic acids is 1. The summed E-state index contributed by atoms with van der Waals surface area (Å²) >= 11 is 0. The predicted octanol–water partition coefficient (Wildman–Crippen LogP) is 2.20. The second-order valence-corrected chi connectivity index (χ2v) is 4.22. The molecule has 0 N–H and O–H groups in total. The van der Waals surface area contributed by atoms with Crippen LogP contribution in [-0.4, -0.2) is 10.8 Å². The summed E-state index contributed by atoms with van der Waals surface area (Å²) in [6, 6.07) is 9.89. The summed E-state index contributed by atoms with van der Waals surface area (Å²) in [5.74, 6) is -0.762. The Morgan fingerprint density at radius 2 is 1.89 bits per heavy atom. The Morgan fingerprint density at radius 3 is 2.58 bits per heavy atom. The van der Waals surface area contributed by atoms with E-state index in [1.807, 2.05) is 30.3 Å². The number of rotatable bonds is 5. The zero-order valence-corrected chi connectivity index (χ0v) is 10.3. The van der Waals surface area contributed by atoms with E-state index >= 15 is 0 Å². The maximum absolute atomic E-state index is 11.4. The van der Waals surface area contributed by atoms with E-state index in [-0.39, 0.29) is 0 Å². The highest BCUT2D eigenvalue weighted by molar-refractivity contribution is 5.93. The molecule has 1 radical (unpaired) electrons. The fraction of sp³-hybridized carbons (Fsp3) is 0.214. The molecule has 0 bridgehead atoms. The van der Waals surface area contributed by atoms with Crippen LogP contribution in [0.25, 0.3) is 0 Å². The Kier molecular flexibility index (Phi) is 4.07. The third-order valence-electron chi connectivity index (χ3n) is 2.91. The van der Waals surface area contributed by atoms with Gasteiger partial charge in [0.05, 0.1) is 4.92 Å². The van der Waals surface area contributed by atoms with Crippen LogP contribution in [0.5, 0.6) is 0 Å². The number of amides is 1. The molecular formula is C14H13N2O3. The first-order chi connectivity index (χ1) is 9.18. The third-order valence-corrected chi connectivity index (χ3v) is 2.91. The van der Waals surface area contributed by atoms with E-state index in [9.17, 15) is 14.9 Å². The smallest absolute Gasteiger partial charge is 0.259 e. The SMILES string of the molecule is O=C1[N]C=CC(CCCc2ccccc2)=C1[N+](=O)[O-]. The Hall–Kier alpha value is -2.43. The van der Waals surface area contributed by atoms with Crippen LogP contribution in [0.4, 0.5) is 0 Å². The molecule has 97 valence electrons. The molecule has 1 aromatic carbocycles. The van der Waals surface area contributed by atoms with Crippen LogP contribution >= 0.6 is 0 Å². The molecule has 19 heavy (non-hydrogen) atoms. The summed E-state index contributed by atoms with van der Waals surface area (Å²) in [6.45, 7) is 0. The average molecular weight is 257 g/mol. The lowest BCUT2D eigenvalue weighted by Crippen LogP contribution is -2.23. The fourth-order valence-corrected chi connectivity index (χ4v) is 2.00. The number of nitrogens with zero attached hydrogens (tertiary/aromatic N) is 2. The van der Waals surface area contributed by atoms with Crippen molar-refractivity contribution >= 4 is 5.91 Å². The first kappa shape index (κ1) is 13.0. The fourth-order valence-electron chi connectivity index (χ4n) is 2.00. The summed E-state index contributed by atoms with van der Waals surface area (Å²) in [4.78, 5) is 21.6. The van der Waals surface area contributed by atoms with E-state index in [2.05, 4.69) is 5.32 Å². The number of hydrogen-bond acceptors (Lipinski definition) is 3. The predicted molar refractivity (Wildman–Crippen MR) is 69.7 cm³/mol. The van der Waals surface area contributed by atoms with Crippen LogP contribution in [0.15, 0.2) is 53.9 Å². The highest BCUT2D eigenvalue weighted by atomic mass is 16.6. The second-order valence-electron chi connectivity index (χ2n) is 4.22. The van der Waals surface area contributed by atoms with E-state index in [1.54, 1.807) is 6.08 Å². The molecule has 5 nitrogen and oxygen atoms in total. The number of carbonyl (C=O) groups is 1. The van der Waals surface area contributed by atoms with Crippen LogP contribution < -0.4 is 5.32 Å². The largest absolute Gasteiger partial charge is 0.348 e. The van der Waals surface area contributed by atoms with Crippen LogP contribution in [0.2, 0.25) is 0 Å². The lowest BCUT2D eigenvalue weighted by Gasteiger charge is -2.07. The average Bonchev–Trinajstić information content (AvgIpc) is 2.39. The molecular weight excluding hydrogens is 244 g/mol. The minimum absolute atomic E-state index is 0.393. The molecule has 0 saturated carbocycles. The Balaban J connectivity index is 2.01. The van der Waals surface area contributed by atoms with Crippen LogP contribution in [0, 0.1) is 10.1 Å². The summed E-state index contributed by atoms with van der Waals surface area (Å²) in [5, 5.41) is 14.3. The van der Waals surface area contributed by atoms with Gasteiger partial charge in [0.25, 0.3) is 0 Å². The summed E-state index contributed by atoms with van der Waals surface area (Å²) in [7, 11) is 0. The first-order valence-corrected chi connectivity index (χ1v) is 6.01. The van der Waals surface area contributed by atoms with Gasteiger partial charge < -0.3 is 0 Å². The van der Waals surface area contributed by atoms with Crippen molar-refractivity contribution in [3.63, 3.8) is 0 Å². The molecule has 0 unspecified atom stereocenters. The zero-order valence-electron chi connectivity index (χ0n) is 10.3. The van der Waals surface area contributed by atoms with Crippen molar-refractivity contribution < 1.29 is 9.72 Å². The van der Waals surface area contributed by atoms with Gasteiger partial charge in [-0.1, -0.05) is 30.3 Å². The van der Waals surface area contributed by atoms with Gasteiger partial charge in [-0.15, -0.1) is 0 Å². The van der Waals surface area contributed by atoms with Crippen molar-refractivity contribution in [1.29, 1.82) is 0 Å². The number of nitro groups is 1. The topological polar surface area (TPSA) is 74.3 Å². The lowest BCUT2D eigenvalue weighted by atomic mass is 10.0. The number of hydrogen-bond donors (Lipinski definition) is 0. The molecule has 0 aromatic heterocycles. The van der Waals surface area contributed by atoms with E-state index < -0.39 is 16.5 Å². The number of benzene rings is 1. The first-order valence-electron chi connectivity index (χ1n) is 6.01. The lowest BCUT2D eigenvalue weighted by molar-refractivity contribution is -0.420. The van der Waals surface area contributed by atoms with Gasteiger partial charge in [-0.05, 0) is 30.9 Å². The standard InChI is InChI=1S/C14H13N2O3/c17-14-13(16(18)19)12(9-10-15-14)8-4-7-11-5-2-1-3-6-11/h1-3,5-6,9-10H,4,7-8H2. The molecule has 1 heterocycles. The van der Waals surface area contributed by atoms with E-state index in [1.165, 1.54) is 11.8 Å². The number of allylic oxidation sites excluding steroid dienone is 2. The molecule has 1 aliphatic rings. The third kappa shape index (κ3) is 3.28. The van der Waals surface area contributed by atoms with Gasteiger partial charge in [0.1, 0.15) is 0 Å². The highest BCUT2D eigenvalue weighted by Crippen LogP contribution is 2.19. The number of aryl methyl sites for hydroxylation is 1. The maximum Gasteiger partial charge on any atom is 0.348 e. The molecule has 1 aromatic rings. The van der Waals surface area contributed by atoms with Gasteiger partial charge in [0.2, 0.25) is 0 Å². The molecule has 1 amide bonds. The van der Waals surface area contributed by atoms with Gasteiger partial charge in [0, 0.05) is 11.8 Å². The molecule has 2 rings (SSSR count). The van der Waals surface area contributed by atoms with Gasteiger partial charge >= 0.3 is 11.6 Å². The van der Waals surface area contributed by atoms with Gasteiger partial charge in [-0.3, -0.25) is 14.9 Å². The molecule has 5 heteroatoms. The minimum Gasteiger partial charge on any atom is -0.259 e. The van der Waals surface area contributed by atoms with Crippen molar-refractivity contribution in [2.24, 2.45) is 0 Å². The van der Waals surface area contributed by atoms with Crippen LogP contribution in [0.1, 0.15) is 18.4 Å².